The van der Waals surface area contributed by atoms with E-state index in [0.29, 0.717) is 19.3 Å². The second-order valence-electron chi connectivity index (χ2n) is 19.6. The summed E-state index contributed by atoms with van der Waals surface area (Å²) in [5, 5.41) is 0. The highest BCUT2D eigenvalue weighted by Gasteiger charge is 2.19. The van der Waals surface area contributed by atoms with Crippen LogP contribution in [0.3, 0.4) is 0 Å². The Morgan fingerprint density at radius 1 is 0.288 bits per heavy atom. The highest BCUT2D eigenvalue weighted by molar-refractivity contribution is 5.71. The molecule has 0 aliphatic carbocycles. The first-order valence-corrected chi connectivity index (χ1v) is 26.1. The third-order valence-electron chi connectivity index (χ3n) is 11.9. The zero-order valence-corrected chi connectivity index (χ0v) is 40.5. The zero-order valence-electron chi connectivity index (χ0n) is 40.5. The second-order valence-corrected chi connectivity index (χ2v) is 19.6. The number of esters is 3. The molecular weight excluding hydrogens is 733 g/mol. The standard InChI is InChI=1S/C53H102O6/c1-47(2)39-33-27-21-15-10-8-7-9-11-19-26-32-38-44-53(56)59-50(46-58-52(55)43-37-31-25-20-14-17-23-29-35-41-49(5)6)45-57-51(54)42-36-30-24-18-13-12-16-22-28-34-40-48(3)4/h47-50H,7-46H2,1-6H3/t50-/m1/s1. The van der Waals surface area contributed by atoms with E-state index in [9.17, 15) is 14.4 Å². The molecule has 0 bridgehead atoms. The van der Waals surface area contributed by atoms with Gasteiger partial charge in [0.05, 0.1) is 0 Å². The van der Waals surface area contributed by atoms with Crippen LogP contribution in [-0.2, 0) is 28.6 Å². The van der Waals surface area contributed by atoms with Crippen molar-refractivity contribution in [2.75, 3.05) is 13.2 Å². The molecule has 0 aliphatic heterocycles. The average Bonchev–Trinajstić information content (AvgIpc) is 3.19. The van der Waals surface area contributed by atoms with Gasteiger partial charge in [-0.3, -0.25) is 14.4 Å². The molecule has 0 aliphatic rings. The summed E-state index contributed by atoms with van der Waals surface area (Å²) in [5.74, 6) is 1.61. The third-order valence-corrected chi connectivity index (χ3v) is 11.9. The van der Waals surface area contributed by atoms with Crippen molar-refractivity contribution in [2.45, 2.75) is 292 Å². The van der Waals surface area contributed by atoms with Crippen LogP contribution in [0, 0.1) is 17.8 Å². The Hall–Kier alpha value is -1.59. The highest BCUT2D eigenvalue weighted by atomic mass is 16.6. The molecule has 0 aromatic heterocycles. The number of unbranched alkanes of at least 4 members (excludes halogenated alkanes) is 29. The smallest absolute Gasteiger partial charge is 0.306 e. The number of ether oxygens (including phenoxy) is 3. The molecule has 1 atom stereocenters. The highest BCUT2D eigenvalue weighted by Crippen LogP contribution is 2.18. The minimum atomic E-state index is -0.763. The molecule has 0 rings (SSSR count). The minimum absolute atomic E-state index is 0.0649. The molecule has 0 heterocycles. The summed E-state index contributed by atoms with van der Waals surface area (Å²) >= 11 is 0. The van der Waals surface area contributed by atoms with Crippen LogP contribution in [0.5, 0.6) is 0 Å². The second kappa shape index (κ2) is 44.5. The van der Waals surface area contributed by atoms with E-state index < -0.39 is 6.10 Å². The lowest BCUT2D eigenvalue weighted by Crippen LogP contribution is -2.30. The van der Waals surface area contributed by atoms with Crippen molar-refractivity contribution < 1.29 is 28.6 Å². The Bertz CT molecular complexity index is 914. The number of carbonyl (C=O) groups is 3. The molecule has 0 aromatic rings. The fourth-order valence-corrected chi connectivity index (χ4v) is 7.94. The molecule has 0 N–H and O–H groups in total. The van der Waals surface area contributed by atoms with E-state index in [1.165, 1.54) is 167 Å². The van der Waals surface area contributed by atoms with Gasteiger partial charge in [-0.1, -0.05) is 247 Å². The van der Waals surface area contributed by atoms with Gasteiger partial charge in [-0.15, -0.1) is 0 Å². The molecule has 350 valence electrons. The molecule has 0 saturated carbocycles. The molecule has 0 spiro atoms. The van der Waals surface area contributed by atoms with Crippen LogP contribution in [0.25, 0.3) is 0 Å². The topological polar surface area (TPSA) is 78.9 Å². The van der Waals surface area contributed by atoms with Crippen LogP contribution in [0.2, 0.25) is 0 Å². The predicted molar refractivity (Wildman–Crippen MR) is 252 cm³/mol. The van der Waals surface area contributed by atoms with Crippen LogP contribution < -0.4 is 0 Å². The zero-order chi connectivity index (χ0) is 43.4. The number of carbonyl (C=O) groups excluding carboxylic acids is 3. The molecule has 59 heavy (non-hydrogen) atoms. The van der Waals surface area contributed by atoms with Crippen molar-refractivity contribution >= 4 is 17.9 Å². The number of rotatable bonds is 46. The summed E-state index contributed by atoms with van der Waals surface area (Å²) < 4.78 is 16.8. The van der Waals surface area contributed by atoms with Crippen molar-refractivity contribution in [3.8, 4) is 0 Å². The molecule has 0 saturated heterocycles. The van der Waals surface area contributed by atoms with Gasteiger partial charge in [0, 0.05) is 19.3 Å². The maximum Gasteiger partial charge on any atom is 0.306 e. The van der Waals surface area contributed by atoms with Gasteiger partial charge in [-0.05, 0) is 37.0 Å². The lowest BCUT2D eigenvalue weighted by atomic mass is 10.0. The normalized spacial score (nSPS) is 12.2. The molecule has 0 radical (unpaired) electrons. The largest absolute Gasteiger partial charge is 0.462 e. The molecular formula is C53H102O6. The van der Waals surface area contributed by atoms with E-state index in [2.05, 4.69) is 41.5 Å². The van der Waals surface area contributed by atoms with Crippen molar-refractivity contribution in [3.63, 3.8) is 0 Å². The van der Waals surface area contributed by atoms with Crippen molar-refractivity contribution in [1.82, 2.24) is 0 Å². The van der Waals surface area contributed by atoms with Gasteiger partial charge < -0.3 is 14.2 Å². The third kappa shape index (κ3) is 47.3. The summed E-state index contributed by atoms with van der Waals surface area (Å²) in [6.07, 6.45) is 43.8. The minimum Gasteiger partial charge on any atom is -0.462 e. The van der Waals surface area contributed by atoms with Crippen molar-refractivity contribution in [3.05, 3.63) is 0 Å². The first-order chi connectivity index (χ1) is 28.6. The number of hydrogen-bond donors (Lipinski definition) is 0. The monoisotopic (exact) mass is 835 g/mol. The molecule has 0 fully saturated rings. The summed E-state index contributed by atoms with van der Waals surface area (Å²) in [4.78, 5) is 37.9. The first kappa shape index (κ1) is 57.4. The Kier molecular flexibility index (Phi) is 43.3. The summed E-state index contributed by atoms with van der Waals surface area (Å²) in [6, 6.07) is 0. The van der Waals surface area contributed by atoms with Crippen LogP contribution in [0.4, 0.5) is 0 Å². The SMILES string of the molecule is CC(C)CCCCCCCCCCCCCCCC(=O)O[C@H](COC(=O)CCCCCCCCCCCCC(C)C)COC(=O)CCCCCCCCCCCC(C)C. The van der Waals surface area contributed by atoms with Crippen molar-refractivity contribution in [2.24, 2.45) is 17.8 Å². The predicted octanol–water partition coefficient (Wildman–Crippen LogP) is 16.8. The van der Waals surface area contributed by atoms with Crippen molar-refractivity contribution in [1.29, 1.82) is 0 Å². The van der Waals surface area contributed by atoms with Crippen LogP contribution >= 0.6 is 0 Å². The van der Waals surface area contributed by atoms with Gasteiger partial charge >= 0.3 is 17.9 Å². The fraction of sp³-hybridized carbons (Fsp3) is 0.943. The van der Waals surface area contributed by atoms with E-state index in [4.69, 9.17) is 14.2 Å². The van der Waals surface area contributed by atoms with Crippen LogP contribution in [0.15, 0.2) is 0 Å². The van der Waals surface area contributed by atoms with Crippen LogP contribution in [0.1, 0.15) is 286 Å². The van der Waals surface area contributed by atoms with Crippen LogP contribution in [-0.4, -0.2) is 37.2 Å². The van der Waals surface area contributed by atoms with E-state index >= 15 is 0 Å². The fourth-order valence-electron chi connectivity index (χ4n) is 7.94. The van der Waals surface area contributed by atoms with E-state index in [1.54, 1.807) is 0 Å². The van der Waals surface area contributed by atoms with Gasteiger partial charge in [0.25, 0.3) is 0 Å². The maximum atomic E-state index is 12.8. The first-order valence-electron chi connectivity index (χ1n) is 26.1. The van der Waals surface area contributed by atoms with E-state index in [-0.39, 0.29) is 31.1 Å². The number of hydrogen-bond acceptors (Lipinski definition) is 6. The van der Waals surface area contributed by atoms with Gasteiger partial charge in [-0.2, -0.15) is 0 Å². The Morgan fingerprint density at radius 3 is 0.729 bits per heavy atom. The van der Waals surface area contributed by atoms with Gasteiger partial charge in [-0.25, -0.2) is 0 Å². The Labute approximate surface area is 368 Å². The summed E-state index contributed by atoms with van der Waals surface area (Å²) in [5.41, 5.74) is 0. The molecule has 6 heteroatoms. The Morgan fingerprint density at radius 2 is 0.492 bits per heavy atom. The lowest BCUT2D eigenvalue weighted by molar-refractivity contribution is -0.167. The van der Waals surface area contributed by atoms with Gasteiger partial charge in [0.15, 0.2) is 6.10 Å². The summed E-state index contributed by atoms with van der Waals surface area (Å²) in [6.45, 7) is 13.7. The average molecular weight is 835 g/mol. The van der Waals surface area contributed by atoms with E-state index in [1.807, 2.05) is 0 Å². The molecule has 0 amide bonds. The summed E-state index contributed by atoms with van der Waals surface area (Å²) in [7, 11) is 0. The lowest BCUT2D eigenvalue weighted by Gasteiger charge is -2.18. The molecule has 0 unspecified atom stereocenters. The Balaban J connectivity index is 4.32. The van der Waals surface area contributed by atoms with E-state index in [0.717, 1.165) is 75.5 Å². The maximum absolute atomic E-state index is 12.8. The molecule has 0 aromatic carbocycles. The van der Waals surface area contributed by atoms with Gasteiger partial charge in [0.1, 0.15) is 13.2 Å². The van der Waals surface area contributed by atoms with Gasteiger partial charge in [0.2, 0.25) is 0 Å². The molecule has 6 nitrogen and oxygen atoms in total. The quantitative estimate of drug-likeness (QED) is 0.0345.